The Hall–Kier alpha value is -1.33. The Morgan fingerprint density at radius 3 is 2.56 bits per heavy atom. The van der Waals surface area contributed by atoms with Gasteiger partial charge in [-0.2, -0.15) is 0 Å². The second-order valence-electron chi connectivity index (χ2n) is 4.24. The highest BCUT2D eigenvalue weighted by Crippen LogP contribution is 2.13. The molecule has 1 aliphatic heterocycles. The molecule has 1 aromatic heterocycles. The van der Waals surface area contributed by atoms with Crippen molar-refractivity contribution in [1.29, 1.82) is 0 Å². The molecule has 0 spiro atoms. The van der Waals surface area contributed by atoms with Gasteiger partial charge >= 0.3 is 0 Å². The molecule has 2 rings (SSSR count). The first-order valence-corrected chi connectivity index (χ1v) is 5.38. The number of hydrogen-bond acceptors (Lipinski definition) is 3. The maximum atomic E-state index is 11.9. The van der Waals surface area contributed by atoms with E-state index < -0.39 is 0 Å². The first-order valence-electron chi connectivity index (χ1n) is 5.38. The fourth-order valence-electron chi connectivity index (χ4n) is 1.88. The Labute approximate surface area is 94.5 Å². The van der Waals surface area contributed by atoms with E-state index in [1.54, 1.807) is 4.68 Å². The molecule has 3 N–H and O–H groups in total. The zero-order valence-electron chi connectivity index (χ0n) is 9.56. The molecular weight excluding hydrogens is 206 g/mol. The molecule has 0 bridgehead atoms. The summed E-state index contributed by atoms with van der Waals surface area (Å²) in [5.74, 6) is -0.325. The van der Waals surface area contributed by atoms with Crippen LogP contribution in [0.15, 0.2) is 12.1 Å². The molecule has 0 aliphatic carbocycles. The molecule has 1 amide bonds. The van der Waals surface area contributed by atoms with Gasteiger partial charge in [-0.3, -0.25) is 14.9 Å². The van der Waals surface area contributed by atoms with Gasteiger partial charge in [0.05, 0.1) is 19.1 Å². The summed E-state index contributed by atoms with van der Waals surface area (Å²) in [7, 11) is 0. The van der Waals surface area contributed by atoms with Crippen molar-refractivity contribution < 1.29 is 9.53 Å². The van der Waals surface area contributed by atoms with E-state index in [-0.39, 0.29) is 17.9 Å². The van der Waals surface area contributed by atoms with Crippen LogP contribution in [0.1, 0.15) is 11.4 Å². The molecule has 0 saturated carbocycles. The number of nitrogens with two attached hydrogens (primary N) is 1. The summed E-state index contributed by atoms with van der Waals surface area (Å²) in [4.78, 5) is 11.9. The first kappa shape index (κ1) is 11.2. The number of carbonyl (C=O) groups excluding carboxylic acids is 1. The zero-order valence-corrected chi connectivity index (χ0v) is 9.56. The number of ether oxygens (including phenoxy) is 1. The summed E-state index contributed by atoms with van der Waals surface area (Å²) in [6.45, 7) is 4.75. The maximum absolute atomic E-state index is 11.9. The Bertz CT molecular complexity index is 380. The van der Waals surface area contributed by atoms with Crippen molar-refractivity contribution in [2.24, 2.45) is 11.7 Å². The third-order valence-corrected chi connectivity index (χ3v) is 2.95. The lowest BCUT2D eigenvalue weighted by Gasteiger charge is -2.16. The molecule has 1 aromatic rings. The van der Waals surface area contributed by atoms with Crippen molar-refractivity contribution in [3.05, 3.63) is 23.5 Å². The third-order valence-electron chi connectivity index (χ3n) is 2.95. The van der Waals surface area contributed by atoms with Crippen molar-refractivity contribution >= 4 is 5.91 Å². The lowest BCUT2D eigenvalue weighted by molar-refractivity contribution is -0.121. The number of aryl methyl sites for hydroxylation is 2. The van der Waals surface area contributed by atoms with Crippen LogP contribution < -0.4 is 11.2 Å². The highest BCUT2D eigenvalue weighted by Gasteiger charge is 2.31. The van der Waals surface area contributed by atoms with E-state index in [4.69, 9.17) is 10.5 Å². The summed E-state index contributed by atoms with van der Waals surface area (Å²) in [5, 5.41) is 0. The summed E-state index contributed by atoms with van der Waals surface area (Å²) in [6.07, 6.45) is 0. The van der Waals surface area contributed by atoms with Crippen molar-refractivity contribution in [2.75, 3.05) is 18.6 Å². The van der Waals surface area contributed by atoms with Gasteiger partial charge in [0.15, 0.2) is 0 Å². The average Bonchev–Trinajstić information content (AvgIpc) is 2.79. The second-order valence-corrected chi connectivity index (χ2v) is 4.24. The molecule has 1 aliphatic rings. The van der Waals surface area contributed by atoms with Crippen molar-refractivity contribution in [1.82, 2.24) is 4.68 Å². The van der Waals surface area contributed by atoms with E-state index in [0.717, 1.165) is 11.4 Å². The van der Waals surface area contributed by atoms with Gasteiger partial charge in [0, 0.05) is 17.4 Å². The summed E-state index contributed by atoms with van der Waals surface area (Å²) < 4.78 is 6.95. The van der Waals surface area contributed by atoms with E-state index in [2.05, 4.69) is 5.43 Å². The minimum absolute atomic E-state index is 0.0765. The van der Waals surface area contributed by atoms with Crippen LogP contribution >= 0.6 is 0 Å². The highest BCUT2D eigenvalue weighted by molar-refractivity contribution is 5.87. The predicted octanol–water partition coefficient (Wildman–Crippen LogP) is 0.149. The monoisotopic (exact) mass is 223 g/mol. The van der Waals surface area contributed by atoms with Crippen molar-refractivity contribution in [2.45, 2.75) is 19.9 Å². The lowest BCUT2D eigenvalue weighted by Crippen LogP contribution is -2.40. The zero-order chi connectivity index (χ0) is 11.7. The normalized spacial score (nSPS) is 24.7. The first-order chi connectivity index (χ1) is 7.59. The molecule has 16 heavy (non-hydrogen) atoms. The highest BCUT2D eigenvalue weighted by atomic mass is 16.5. The Morgan fingerprint density at radius 2 is 2.06 bits per heavy atom. The number of nitrogens with zero attached hydrogens (tertiary/aromatic N) is 1. The molecule has 2 unspecified atom stereocenters. The quantitative estimate of drug-likeness (QED) is 0.749. The van der Waals surface area contributed by atoms with Gasteiger partial charge < -0.3 is 10.5 Å². The number of nitrogens with one attached hydrogen (secondary N) is 1. The molecule has 2 heterocycles. The topological polar surface area (TPSA) is 69.3 Å². The number of carbonyl (C=O) groups is 1. The molecule has 1 saturated heterocycles. The Kier molecular flexibility index (Phi) is 2.98. The largest absolute Gasteiger partial charge is 0.379 e. The molecule has 1 fully saturated rings. The van der Waals surface area contributed by atoms with Crippen LogP contribution in [0.5, 0.6) is 0 Å². The second kappa shape index (κ2) is 4.27. The molecule has 88 valence electrons. The van der Waals surface area contributed by atoms with Crippen LogP contribution in [-0.2, 0) is 9.53 Å². The van der Waals surface area contributed by atoms with Crippen molar-refractivity contribution in [3.63, 3.8) is 0 Å². The fraction of sp³-hybridized carbons (Fsp3) is 0.545. The van der Waals surface area contributed by atoms with Gasteiger partial charge in [0.25, 0.3) is 0 Å². The van der Waals surface area contributed by atoms with Crippen LogP contribution in [-0.4, -0.2) is 29.8 Å². The molecular formula is C11H17N3O2. The van der Waals surface area contributed by atoms with E-state index in [1.807, 2.05) is 26.0 Å². The average molecular weight is 223 g/mol. The standard InChI is InChI=1S/C11H17N3O2/c1-7-3-4-8(2)14(7)13-11(15)9-5-16-6-10(9)12/h3-4,9-10H,5-6,12H2,1-2H3,(H,13,15). The molecule has 5 nitrogen and oxygen atoms in total. The van der Waals surface area contributed by atoms with E-state index in [9.17, 15) is 4.79 Å². The third kappa shape index (κ3) is 1.96. The van der Waals surface area contributed by atoms with Gasteiger partial charge in [-0.05, 0) is 26.0 Å². The molecule has 0 aromatic carbocycles. The van der Waals surface area contributed by atoms with Crippen molar-refractivity contribution in [3.8, 4) is 0 Å². The smallest absolute Gasteiger partial charge is 0.245 e. The molecule has 2 atom stereocenters. The van der Waals surface area contributed by atoms with Gasteiger partial charge in [-0.15, -0.1) is 0 Å². The number of hydrogen-bond donors (Lipinski definition) is 2. The van der Waals surface area contributed by atoms with Crippen LogP contribution in [0.25, 0.3) is 0 Å². The van der Waals surface area contributed by atoms with Gasteiger partial charge in [-0.25, -0.2) is 0 Å². The van der Waals surface area contributed by atoms with Gasteiger partial charge in [0.2, 0.25) is 5.91 Å². The fourth-order valence-corrected chi connectivity index (χ4v) is 1.88. The lowest BCUT2D eigenvalue weighted by atomic mass is 10.0. The number of aromatic nitrogens is 1. The molecule has 5 heteroatoms. The van der Waals surface area contributed by atoms with E-state index in [1.165, 1.54) is 0 Å². The minimum atomic E-state index is -0.249. The molecule has 0 radical (unpaired) electrons. The van der Waals surface area contributed by atoms with Crippen LogP contribution in [0.2, 0.25) is 0 Å². The maximum Gasteiger partial charge on any atom is 0.245 e. The van der Waals surface area contributed by atoms with Crippen LogP contribution in [0, 0.1) is 19.8 Å². The van der Waals surface area contributed by atoms with Gasteiger partial charge in [0.1, 0.15) is 0 Å². The van der Waals surface area contributed by atoms with Crippen LogP contribution in [0.4, 0.5) is 0 Å². The Balaban J connectivity index is 2.07. The number of rotatable bonds is 2. The van der Waals surface area contributed by atoms with Gasteiger partial charge in [-0.1, -0.05) is 0 Å². The van der Waals surface area contributed by atoms with E-state index >= 15 is 0 Å². The summed E-state index contributed by atoms with van der Waals surface area (Å²) in [6, 6.07) is 3.72. The predicted molar refractivity (Wildman–Crippen MR) is 60.6 cm³/mol. The number of amides is 1. The van der Waals surface area contributed by atoms with Crippen LogP contribution in [0.3, 0.4) is 0 Å². The Morgan fingerprint density at radius 1 is 1.44 bits per heavy atom. The SMILES string of the molecule is Cc1ccc(C)n1NC(=O)C1COCC1N. The summed E-state index contributed by atoms with van der Waals surface area (Å²) in [5.41, 5.74) is 10.6. The minimum Gasteiger partial charge on any atom is -0.379 e. The summed E-state index contributed by atoms with van der Waals surface area (Å²) >= 11 is 0. The van der Waals surface area contributed by atoms with E-state index in [0.29, 0.717) is 13.2 Å².